The van der Waals surface area contributed by atoms with E-state index in [2.05, 4.69) is 5.32 Å². The molecule has 0 aromatic heterocycles. The SMILES string of the molecule is O=C(NC1CCCC1)[C@@H](Cc1ccccc1)N(Cc1ccc(Cl)c(Cl)c1)C(=O)CCCN1C(=O)c2cccc3cccc1c23. The van der Waals surface area contributed by atoms with Crippen molar-refractivity contribution in [2.75, 3.05) is 11.4 Å². The van der Waals surface area contributed by atoms with Crippen LogP contribution in [0.15, 0.2) is 84.9 Å². The Morgan fingerprint density at radius 2 is 1.64 bits per heavy atom. The van der Waals surface area contributed by atoms with Crippen LogP contribution in [0.5, 0.6) is 0 Å². The number of rotatable bonds is 11. The van der Waals surface area contributed by atoms with Gasteiger partial charge in [0.25, 0.3) is 5.91 Å². The molecule has 1 atom stereocenters. The minimum atomic E-state index is -0.716. The van der Waals surface area contributed by atoms with Gasteiger partial charge in [-0.05, 0) is 60.0 Å². The standard InChI is InChI=1S/C36H35Cl2N3O3/c37-29-19-18-25(21-30(29)38)23-41(32(22-24-9-2-1-3-10-24)35(43)39-27-13-4-5-14-27)33(42)17-8-20-40-31-16-7-12-26-11-6-15-28(34(26)31)36(40)44/h1-3,6-7,9-12,15-16,18-19,21,27,32H,4-5,8,13-14,17,20,22-23H2,(H,39,43)/t32-/m1/s1. The third kappa shape index (κ3) is 6.47. The van der Waals surface area contributed by atoms with E-state index in [0.29, 0.717) is 35.0 Å². The zero-order valence-corrected chi connectivity index (χ0v) is 26.0. The van der Waals surface area contributed by atoms with Crippen molar-refractivity contribution < 1.29 is 14.4 Å². The van der Waals surface area contributed by atoms with Gasteiger partial charge in [0, 0.05) is 42.9 Å². The van der Waals surface area contributed by atoms with Gasteiger partial charge in [-0.1, -0.05) is 96.7 Å². The van der Waals surface area contributed by atoms with Crippen molar-refractivity contribution in [3.05, 3.63) is 112 Å². The molecule has 4 aromatic rings. The van der Waals surface area contributed by atoms with Crippen molar-refractivity contribution >= 4 is 57.4 Å². The second-order valence-electron chi connectivity index (χ2n) is 11.7. The summed E-state index contributed by atoms with van der Waals surface area (Å²) < 4.78 is 0. The molecule has 0 spiro atoms. The van der Waals surface area contributed by atoms with Crippen LogP contribution in [0, 0.1) is 0 Å². The van der Waals surface area contributed by atoms with Gasteiger partial charge in [-0.3, -0.25) is 14.4 Å². The molecule has 6 nitrogen and oxygen atoms in total. The van der Waals surface area contributed by atoms with Gasteiger partial charge in [0.1, 0.15) is 6.04 Å². The summed E-state index contributed by atoms with van der Waals surface area (Å²) in [6, 6.07) is 26.2. The van der Waals surface area contributed by atoms with Crippen LogP contribution in [0.3, 0.4) is 0 Å². The molecule has 1 N–H and O–H groups in total. The minimum Gasteiger partial charge on any atom is -0.352 e. The lowest BCUT2D eigenvalue weighted by atomic mass is 10.0. The summed E-state index contributed by atoms with van der Waals surface area (Å²) >= 11 is 12.5. The molecule has 8 heteroatoms. The molecule has 226 valence electrons. The van der Waals surface area contributed by atoms with E-state index in [1.807, 2.05) is 72.8 Å². The van der Waals surface area contributed by atoms with Crippen LogP contribution in [0.25, 0.3) is 10.8 Å². The number of nitrogens with zero attached hydrogens (tertiary/aromatic N) is 2. The van der Waals surface area contributed by atoms with E-state index < -0.39 is 6.04 Å². The molecule has 1 saturated carbocycles. The van der Waals surface area contributed by atoms with Crippen molar-refractivity contribution in [1.29, 1.82) is 0 Å². The lowest BCUT2D eigenvalue weighted by Crippen LogP contribution is -2.52. The molecule has 0 saturated heterocycles. The van der Waals surface area contributed by atoms with Crippen molar-refractivity contribution in [1.82, 2.24) is 10.2 Å². The predicted octanol–water partition coefficient (Wildman–Crippen LogP) is 7.59. The molecule has 1 heterocycles. The highest BCUT2D eigenvalue weighted by atomic mass is 35.5. The summed E-state index contributed by atoms with van der Waals surface area (Å²) in [7, 11) is 0. The molecule has 1 aliphatic carbocycles. The third-order valence-electron chi connectivity index (χ3n) is 8.73. The van der Waals surface area contributed by atoms with Crippen molar-refractivity contribution in [3.63, 3.8) is 0 Å². The number of amides is 3. The summed E-state index contributed by atoms with van der Waals surface area (Å²) in [4.78, 5) is 44.8. The quantitative estimate of drug-likeness (QED) is 0.186. The largest absolute Gasteiger partial charge is 0.352 e. The van der Waals surface area contributed by atoms with Crippen LogP contribution in [0.2, 0.25) is 10.0 Å². The van der Waals surface area contributed by atoms with Crippen molar-refractivity contribution in [2.24, 2.45) is 0 Å². The molecular weight excluding hydrogens is 593 g/mol. The Balaban J connectivity index is 1.24. The van der Waals surface area contributed by atoms with Crippen LogP contribution in [0.1, 0.15) is 60.0 Å². The molecule has 6 rings (SSSR count). The summed E-state index contributed by atoms with van der Waals surface area (Å²) in [5.41, 5.74) is 3.33. The number of carbonyl (C=O) groups is 3. The fourth-order valence-corrected chi connectivity index (χ4v) is 6.81. The van der Waals surface area contributed by atoms with Gasteiger partial charge in [0.2, 0.25) is 11.8 Å². The van der Waals surface area contributed by atoms with Crippen LogP contribution >= 0.6 is 23.2 Å². The van der Waals surface area contributed by atoms with Crippen molar-refractivity contribution in [2.45, 2.75) is 63.6 Å². The number of carbonyl (C=O) groups excluding carboxylic acids is 3. The first-order valence-corrected chi connectivity index (χ1v) is 16.1. The van der Waals surface area contributed by atoms with E-state index in [-0.39, 0.29) is 36.7 Å². The lowest BCUT2D eigenvalue weighted by molar-refractivity contribution is -0.141. The van der Waals surface area contributed by atoms with Gasteiger partial charge < -0.3 is 15.1 Å². The fraction of sp³-hybridized carbons (Fsp3) is 0.306. The maximum Gasteiger partial charge on any atom is 0.258 e. The van der Waals surface area contributed by atoms with E-state index >= 15 is 0 Å². The highest BCUT2D eigenvalue weighted by molar-refractivity contribution is 6.42. The Morgan fingerprint density at radius 1 is 0.886 bits per heavy atom. The van der Waals surface area contributed by atoms with Gasteiger partial charge in [-0.25, -0.2) is 0 Å². The maximum absolute atomic E-state index is 14.1. The second-order valence-corrected chi connectivity index (χ2v) is 12.5. The van der Waals surface area contributed by atoms with Gasteiger partial charge in [0.15, 0.2) is 0 Å². The summed E-state index contributed by atoms with van der Waals surface area (Å²) in [6.07, 6.45) is 5.09. The smallest absolute Gasteiger partial charge is 0.258 e. The molecule has 1 fully saturated rings. The first kappa shape index (κ1) is 30.2. The van der Waals surface area contributed by atoms with Crippen LogP contribution in [-0.2, 0) is 22.6 Å². The minimum absolute atomic E-state index is 0.0465. The fourth-order valence-electron chi connectivity index (χ4n) is 6.49. The number of hydrogen-bond donors (Lipinski definition) is 1. The van der Waals surface area contributed by atoms with Crippen LogP contribution in [0.4, 0.5) is 5.69 Å². The van der Waals surface area contributed by atoms with Crippen LogP contribution in [-0.4, -0.2) is 41.2 Å². The second kappa shape index (κ2) is 13.4. The van der Waals surface area contributed by atoms with E-state index in [1.165, 1.54) is 0 Å². The van der Waals surface area contributed by atoms with E-state index in [9.17, 15) is 14.4 Å². The summed E-state index contributed by atoms with van der Waals surface area (Å²) in [6.45, 7) is 0.606. The van der Waals surface area contributed by atoms with Gasteiger partial charge in [0.05, 0.1) is 15.7 Å². The Morgan fingerprint density at radius 3 is 2.39 bits per heavy atom. The highest BCUT2D eigenvalue weighted by Gasteiger charge is 2.33. The van der Waals surface area contributed by atoms with Gasteiger partial charge in [-0.15, -0.1) is 0 Å². The van der Waals surface area contributed by atoms with Gasteiger partial charge in [-0.2, -0.15) is 0 Å². The normalized spacial score (nSPS) is 15.1. The third-order valence-corrected chi connectivity index (χ3v) is 9.47. The highest BCUT2D eigenvalue weighted by Crippen LogP contribution is 2.37. The van der Waals surface area contributed by atoms with Crippen molar-refractivity contribution in [3.8, 4) is 0 Å². The maximum atomic E-state index is 14.1. The number of nitrogens with one attached hydrogen (secondary N) is 1. The number of hydrogen-bond acceptors (Lipinski definition) is 3. The zero-order chi connectivity index (χ0) is 30.6. The van der Waals surface area contributed by atoms with E-state index in [0.717, 1.165) is 53.3 Å². The lowest BCUT2D eigenvalue weighted by Gasteiger charge is -2.32. The number of halogens is 2. The monoisotopic (exact) mass is 627 g/mol. The number of benzene rings is 4. The molecule has 0 unspecified atom stereocenters. The Kier molecular flexibility index (Phi) is 9.20. The Hall–Kier alpha value is -3.87. The van der Waals surface area contributed by atoms with Crippen LogP contribution < -0.4 is 10.2 Å². The first-order valence-electron chi connectivity index (χ1n) is 15.3. The van der Waals surface area contributed by atoms with E-state index in [1.54, 1.807) is 21.9 Å². The zero-order valence-electron chi connectivity index (χ0n) is 24.5. The predicted molar refractivity (Wildman–Crippen MR) is 176 cm³/mol. The molecule has 0 radical (unpaired) electrons. The molecule has 1 aliphatic heterocycles. The van der Waals surface area contributed by atoms with E-state index in [4.69, 9.17) is 23.2 Å². The molecule has 44 heavy (non-hydrogen) atoms. The molecule has 2 aliphatic rings. The van der Waals surface area contributed by atoms with Gasteiger partial charge >= 0.3 is 0 Å². The summed E-state index contributed by atoms with van der Waals surface area (Å²) in [5.74, 6) is -0.346. The summed E-state index contributed by atoms with van der Waals surface area (Å²) in [5, 5.41) is 6.04. The Bertz CT molecular complexity index is 1680. The topological polar surface area (TPSA) is 69.7 Å². The Labute approximate surface area is 267 Å². The average Bonchev–Trinajstić information content (AvgIpc) is 3.64. The first-order chi connectivity index (χ1) is 21.4. The molecule has 4 aromatic carbocycles. The molecule has 3 amide bonds. The average molecular weight is 629 g/mol. The number of anilines is 1. The molecular formula is C36H35Cl2N3O3. The molecule has 0 bridgehead atoms.